The first-order valence-electron chi connectivity index (χ1n) is 6.12. The molecule has 1 aromatic heterocycles. The largest absolute Gasteiger partial charge is 0.396 e. The van der Waals surface area contributed by atoms with Crippen LogP contribution in [0, 0.1) is 6.92 Å². The molecule has 1 heterocycles. The molecule has 2 rings (SSSR count). The first-order valence-corrected chi connectivity index (χ1v) is 7.98. The SMILES string of the molecule is Cc1cc2cccc(S(=O)(=O)NCCCO)c2nc1Cl. The molecule has 7 heteroatoms. The number of hydrogen-bond donors (Lipinski definition) is 2. The maximum Gasteiger partial charge on any atom is 0.242 e. The van der Waals surface area contributed by atoms with Crippen LogP contribution in [0.15, 0.2) is 29.2 Å². The van der Waals surface area contributed by atoms with Crippen LogP contribution in [-0.2, 0) is 10.0 Å². The highest BCUT2D eigenvalue weighted by molar-refractivity contribution is 7.89. The third-order valence-corrected chi connectivity index (χ3v) is 4.73. The Morgan fingerprint density at radius 3 is 2.85 bits per heavy atom. The molecule has 20 heavy (non-hydrogen) atoms. The second-order valence-electron chi connectivity index (χ2n) is 4.40. The Morgan fingerprint density at radius 1 is 1.40 bits per heavy atom. The van der Waals surface area contributed by atoms with Crippen LogP contribution in [0.2, 0.25) is 5.15 Å². The van der Waals surface area contributed by atoms with Crippen molar-refractivity contribution in [3.05, 3.63) is 35.0 Å². The summed E-state index contributed by atoms with van der Waals surface area (Å²) in [6.45, 7) is 1.92. The molecule has 5 nitrogen and oxygen atoms in total. The molecule has 0 aliphatic carbocycles. The van der Waals surface area contributed by atoms with Gasteiger partial charge in [-0.3, -0.25) is 0 Å². The number of para-hydroxylation sites is 1. The van der Waals surface area contributed by atoms with Crippen molar-refractivity contribution in [1.29, 1.82) is 0 Å². The average molecular weight is 315 g/mol. The third kappa shape index (κ3) is 3.09. The second kappa shape index (κ2) is 6.05. The lowest BCUT2D eigenvalue weighted by Gasteiger charge is -2.09. The molecule has 0 spiro atoms. The standard InChI is InChI=1S/C13H15ClN2O3S/c1-9-8-10-4-2-5-11(12(10)16-13(9)14)20(18,19)15-6-3-7-17/h2,4-5,8,15,17H,3,6-7H2,1H3. The molecule has 0 aliphatic rings. The van der Waals surface area contributed by atoms with Gasteiger partial charge in [0, 0.05) is 18.5 Å². The number of benzene rings is 1. The van der Waals surface area contributed by atoms with E-state index in [4.69, 9.17) is 16.7 Å². The lowest BCUT2D eigenvalue weighted by atomic mass is 10.2. The van der Waals surface area contributed by atoms with E-state index in [1.807, 2.05) is 6.92 Å². The van der Waals surface area contributed by atoms with Gasteiger partial charge in [-0.25, -0.2) is 18.1 Å². The summed E-state index contributed by atoms with van der Waals surface area (Å²) in [5.74, 6) is 0. The quantitative estimate of drug-likeness (QED) is 0.652. The van der Waals surface area contributed by atoms with Crippen molar-refractivity contribution in [2.45, 2.75) is 18.2 Å². The number of aliphatic hydroxyl groups is 1. The Morgan fingerprint density at radius 2 is 2.15 bits per heavy atom. The Balaban J connectivity index is 2.51. The van der Waals surface area contributed by atoms with E-state index in [0.717, 1.165) is 10.9 Å². The van der Waals surface area contributed by atoms with Crippen LogP contribution < -0.4 is 4.72 Å². The second-order valence-corrected chi connectivity index (χ2v) is 6.49. The van der Waals surface area contributed by atoms with Gasteiger partial charge in [0.05, 0.1) is 5.52 Å². The van der Waals surface area contributed by atoms with E-state index in [0.29, 0.717) is 11.9 Å². The van der Waals surface area contributed by atoms with Gasteiger partial charge in [0.15, 0.2) is 0 Å². The third-order valence-electron chi connectivity index (χ3n) is 2.85. The summed E-state index contributed by atoms with van der Waals surface area (Å²) in [6.07, 6.45) is 0.358. The minimum absolute atomic E-state index is 0.0681. The van der Waals surface area contributed by atoms with Gasteiger partial charge in [0.2, 0.25) is 10.0 Å². The minimum atomic E-state index is -3.67. The minimum Gasteiger partial charge on any atom is -0.396 e. The number of nitrogens with one attached hydrogen (secondary N) is 1. The van der Waals surface area contributed by atoms with Gasteiger partial charge in [-0.2, -0.15) is 0 Å². The highest BCUT2D eigenvalue weighted by atomic mass is 35.5. The molecular formula is C13H15ClN2O3S. The highest BCUT2D eigenvalue weighted by Gasteiger charge is 2.18. The molecule has 0 radical (unpaired) electrons. The van der Waals surface area contributed by atoms with Gasteiger partial charge in [-0.05, 0) is 31.0 Å². The molecule has 2 aromatic rings. The van der Waals surface area contributed by atoms with Gasteiger partial charge in [-0.1, -0.05) is 23.7 Å². The van der Waals surface area contributed by atoms with Crippen molar-refractivity contribution in [2.24, 2.45) is 0 Å². The van der Waals surface area contributed by atoms with E-state index >= 15 is 0 Å². The molecule has 0 unspecified atom stereocenters. The van der Waals surface area contributed by atoms with E-state index in [1.54, 1.807) is 18.2 Å². The summed E-state index contributed by atoms with van der Waals surface area (Å²) < 4.78 is 26.9. The molecule has 0 atom stereocenters. The Labute approximate surface area is 122 Å². The van der Waals surface area contributed by atoms with E-state index in [1.165, 1.54) is 6.07 Å². The molecule has 0 saturated carbocycles. The topological polar surface area (TPSA) is 79.3 Å². The maximum absolute atomic E-state index is 12.2. The summed E-state index contributed by atoms with van der Waals surface area (Å²) in [5.41, 5.74) is 1.14. The maximum atomic E-state index is 12.2. The number of aryl methyl sites for hydroxylation is 1. The van der Waals surface area contributed by atoms with Crippen LogP contribution in [0.25, 0.3) is 10.9 Å². The number of fused-ring (bicyclic) bond motifs is 1. The van der Waals surface area contributed by atoms with Gasteiger partial charge in [0.1, 0.15) is 10.0 Å². The normalized spacial score (nSPS) is 11.9. The lowest BCUT2D eigenvalue weighted by molar-refractivity contribution is 0.289. The number of aromatic nitrogens is 1. The van der Waals surface area contributed by atoms with Crippen molar-refractivity contribution >= 4 is 32.5 Å². The van der Waals surface area contributed by atoms with Crippen molar-refractivity contribution in [3.8, 4) is 0 Å². The molecule has 0 fully saturated rings. The van der Waals surface area contributed by atoms with Crippen molar-refractivity contribution in [3.63, 3.8) is 0 Å². The zero-order chi connectivity index (χ0) is 14.8. The summed E-state index contributed by atoms with van der Waals surface area (Å²) in [4.78, 5) is 4.26. The zero-order valence-corrected chi connectivity index (χ0v) is 12.5. The fourth-order valence-electron chi connectivity index (χ4n) is 1.83. The predicted octanol–water partition coefficient (Wildman–Crippen LogP) is 1.86. The first kappa shape index (κ1) is 15.2. The summed E-state index contributed by atoms with van der Waals surface area (Å²) in [7, 11) is -3.67. The number of halogens is 1. The van der Waals surface area contributed by atoms with Crippen LogP contribution in [0.1, 0.15) is 12.0 Å². The van der Waals surface area contributed by atoms with Crippen LogP contribution in [0.3, 0.4) is 0 Å². The number of hydrogen-bond acceptors (Lipinski definition) is 4. The molecular weight excluding hydrogens is 300 g/mol. The van der Waals surface area contributed by atoms with Crippen LogP contribution in [0.5, 0.6) is 0 Å². The van der Waals surface area contributed by atoms with Gasteiger partial charge < -0.3 is 5.11 Å². The molecule has 0 aliphatic heterocycles. The number of rotatable bonds is 5. The van der Waals surface area contributed by atoms with Crippen LogP contribution in [-0.4, -0.2) is 31.7 Å². The lowest BCUT2D eigenvalue weighted by Crippen LogP contribution is -2.25. The summed E-state index contributed by atoms with van der Waals surface area (Å²) in [5, 5.41) is 9.71. The van der Waals surface area contributed by atoms with E-state index in [-0.39, 0.29) is 23.2 Å². The van der Waals surface area contributed by atoms with Crippen LogP contribution >= 0.6 is 11.6 Å². The van der Waals surface area contributed by atoms with E-state index < -0.39 is 10.0 Å². The Bertz CT molecular complexity index is 732. The number of pyridine rings is 1. The molecule has 0 saturated heterocycles. The Kier molecular flexibility index (Phi) is 4.59. The van der Waals surface area contributed by atoms with Gasteiger partial charge in [-0.15, -0.1) is 0 Å². The number of sulfonamides is 1. The molecule has 0 bridgehead atoms. The van der Waals surface area contributed by atoms with Crippen LogP contribution in [0.4, 0.5) is 0 Å². The zero-order valence-electron chi connectivity index (χ0n) is 10.9. The number of aliphatic hydroxyl groups excluding tert-OH is 1. The van der Waals surface area contributed by atoms with Gasteiger partial charge in [0.25, 0.3) is 0 Å². The molecule has 2 N–H and O–H groups in total. The van der Waals surface area contributed by atoms with E-state index in [2.05, 4.69) is 9.71 Å². The first-order chi connectivity index (χ1) is 9.45. The fourth-order valence-corrected chi connectivity index (χ4v) is 3.22. The molecule has 108 valence electrons. The van der Waals surface area contributed by atoms with Gasteiger partial charge >= 0.3 is 0 Å². The van der Waals surface area contributed by atoms with Crippen molar-refractivity contribution < 1.29 is 13.5 Å². The van der Waals surface area contributed by atoms with Crippen molar-refractivity contribution in [1.82, 2.24) is 9.71 Å². The Hall–Kier alpha value is -1.21. The van der Waals surface area contributed by atoms with Crippen molar-refractivity contribution in [2.75, 3.05) is 13.2 Å². The smallest absolute Gasteiger partial charge is 0.242 e. The highest BCUT2D eigenvalue weighted by Crippen LogP contribution is 2.25. The predicted molar refractivity (Wildman–Crippen MR) is 78.4 cm³/mol. The average Bonchev–Trinajstić information content (AvgIpc) is 2.39. The summed E-state index contributed by atoms with van der Waals surface area (Å²) >= 11 is 5.98. The number of nitrogens with zero attached hydrogens (tertiary/aromatic N) is 1. The fraction of sp³-hybridized carbons (Fsp3) is 0.308. The summed E-state index contributed by atoms with van der Waals surface area (Å²) in [6, 6.07) is 6.75. The molecule has 1 aromatic carbocycles. The van der Waals surface area contributed by atoms with E-state index in [9.17, 15) is 8.42 Å². The molecule has 0 amide bonds. The monoisotopic (exact) mass is 314 g/mol.